The molecule has 0 unspecified atom stereocenters. The van der Waals surface area contributed by atoms with Crippen molar-refractivity contribution >= 4 is 37.9 Å². The Labute approximate surface area is 185 Å². The quantitative estimate of drug-likeness (QED) is 0.576. The van der Waals surface area contributed by atoms with Crippen LogP contribution in [0.3, 0.4) is 0 Å². The van der Waals surface area contributed by atoms with Crippen molar-refractivity contribution in [1.29, 1.82) is 0 Å². The molecule has 1 aliphatic rings. The number of piperazine rings is 1. The zero-order valence-electron chi connectivity index (χ0n) is 16.7. The molecule has 0 spiro atoms. The van der Waals surface area contributed by atoms with E-state index >= 15 is 0 Å². The molecule has 0 N–H and O–H groups in total. The fourth-order valence-corrected chi connectivity index (χ4v) is 4.82. The molecule has 2 aromatic carbocycles. The average Bonchev–Trinajstić information content (AvgIpc) is 2.78. The topological polar surface area (TPSA) is 76.2 Å². The van der Waals surface area contributed by atoms with Gasteiger partial charge in [0, 0.05) is 42.8 Å². The Morgan fingerprint density at radius 1 is 0.967 bits per heavy atom. The predicted molar refractivity (Wildman–Crippen MR) is 118 cm³/mol. The molecule has 0 radical (unpaired) electrons. The predicted octanol–water partition coefficient (Wildman–Crippen LogP) is 3.01. The molecule has 0 aromatic heterocycles. The number of methoxy groups -OCH3 is 2. The van der Waals surface area contributed by atoms with Crippen LogP contribution in [0.5, 0.6) is 11.5 Å². The first-order valence-corrected chi connectivity index (χ1v) is 11.5. The first kappa shape index (κ1) is 22.3. The number of amides is 1. The number of carbonyl (C=O) groups excluding carboxylic acids is 1. The Kier molecular flexibility index (Phi) is 7.17. The largest absolute Gasteiger partial charge is 0.493 e. The summed E-state index contributed by atoms with van der Waals surface area (Å²) in [5, 5.41) is 0. The molecule has 1 aliphatic heterocycles. The number of halogens is 1. The Morgan fingerprint density at radius 3 is 2.20 bits per heavy atom. The van der Waals surface area contributed by atoms with Gasteiger partial charge in [-0.15, -0.1) is 0 Å². The van der Waals surface area contributed by atoms with Crippen molar-refractivity contribution in [3.8, 4) is 11.5 Å². The van der Waals surface area contributed by atoms with E-state index in [0.717, 1.165) is 10.0 Å². The van der Waals surface area contributed by atoms with Gasteiger partial charge in [0.15, 0.2) is 11.5 Å². The summed E-state index contributed by atoms with van der Waals surface area (Å²) in [5.74, 6) is 0.677. The Morgan fingerprint density at radius 2 is 1.60 bits per heavy atom. The summed E-state index contributed by atoms with van der Waals surface area (Å²) < 4.78 is 38.7. The summed E-state index contributed by atoms with van der Waals surface area (Å²) in [6.07, 6.45) is 3.27. The third kappa shape index (κ3) is 5.03. The molecule has 0 bridgehead atoms. The van der Waals surface area contributed by atoms with Gasteiger partial charge in [-0.05, 0) is 35.9 Å². The smallest absolute Gasteiger partial charge is 0.246 e. The second-order valence-corrected chi connectivity index (χ2v) is 9.48. The lowest BCUT2D eigenvalue weighted by molar-refractivity contribution is -0.127. The molecule has 0 atom stereocenters. The first-order valence-electron chi connectivity index (χ1n) is 9.30. The lowest BCUT2D eigenvalue weighted by Gasteiger charge is -2.33. The van der Waals surface area contributed by atoms with Crippen molar-refractivity contribution in [2.24, 2.45) is 0 Å². The van der Waals surface area contributed by atoms with Crippen molar-refractivity contribution in [2.75, 3.05) is 40.4 Å². The number of sulfonamides is 1. The maximum absolute atomic E-state index is 13.0. The van der Waals surface area contributed by atoms with Crippen LogP contribution in [0.25, 0.3) is 6.08 Å². The summed E-state index contributed by atoms with van der Waals surface area (Å²) in [6, 6.07) is 12.1. The number of rotatable bonds is 6. The SMILES string of the molecule is COc1ccc(S(=O)(=O)N2CCN(C(=O)/C=C/c3ccc(Br)cc3)CC2)cc1OC. The molecule has 1 fully saturated rings. The van der Waals surface area contributed by atoms with Crippen LogP contribution >= 0.6 is 15.9 Å². The van der Waals surface area contributed by atoms with Crippen molar-refractivity contribution < 1.29 is 22.7 Å². The first-order chi connectivity index (χ1) is 14.3. The lowest BCUT2D eigenvalue weighted by atomic mass is 10.2. The van der Waals surface area contributed by atoms with Gasteiger partial charge >= 0.3 is 0 Å². The van der Waals surface area contributed by atoms with E-state index in [9.17, 15) is 13.2 Å². The summed E-state index contributed by atoms with van der Waals surface area (Å²) in [7, 11) is -0.738. The highest BCUT2D eigenvalue weighted by molar-refractivity contribution is 9.10. The van der Waals surface area contributed by atoms with Crippen molar-refractivity contribution in [3.05, 3.63) is 58.6 Å². The van der Waals surface area contributed by atoms with E-state index in [1.165, 1.54) is 36.7 Å². The van der Waals surface area contributed by atoms with E-state index in [2.05, 4.69) is 15.9 Å². The standard InChI is InChI=1S/C21H23BrN2O5S/c1-28-19-9-8-18(15-20(19)29-2)30(26,27)24-13-11-23(12-14-24)21(25)10-5-16-3-6-17(22)7-4-16/h3-10,15H,11-14H2,1-2H3/b10-5+. The van der Waals surface area contributed by atoms with Crippen LogP contribution in [0.4, 0.5) is 0 Å². The molecule has 0 saturated carbocycles. The molecule has 30 heavy (non-hydrogen) atoms. The normalized spacial score (nSPS) is 15.4. The van der Waals surface area contributed by atoms with Gasteiger partial charge < -0.3 is 14.4 Å². The second-order valence-electron chi connectivity index (χ2n) is 6.63. The van der Waals surface area contributed by atoms with E-state index in [-0.39, 0.29) is 23.9 Å². The van der Waals surface area contributed by atoms with E-state index in [1.807, 2.05) is 24.3 Å². The Bertz CT molecular complexity index is 1030. The molecule has 9 heteroatoms. The molecular weight excluding hydrogens is 472 g/mol. The molecule has 160 valence electrons. The maximum atomic E-state index is 13.0. The second kappa shape index (κ2) is 9.63. The van der Waals surface area contributed by atoms with Crippen LogP contribution < -0.4 is 9.47 Å². The van der Waals surface area contributed by atoms with Crippen LogP contribution in [-0.4, -0.2) is 63.9 Å². The van der Waals surface area contributed by atoms with E-state index in [0.29, 0.717) is 24.6 Å². The molecule has 1 amide bonds. The van der Waals surface area contributed by atoms with Gasteiger partial charge in [-0.25, -0.2) is 8.42 Å². The number of carbonyl (C=O) groups is 1. The Hall–Kier alpha value is -2.36. The molecule has 7 nitrogen and oxygen atoms in total. The minimum Gasteiger partial charge on any atom is -0.493 e. The van der Waals surface area contributed by atoms with Gasteiger partial charge in [-0.1, -0.05) is 28.1 Å². The van der Waals surface area contributed by atoms with Crippen LogP contribution in [0.2, 0.25) is 0 Å². The number of ether oxygens (including phenoxy) is 2. The summed E-state index contributed by atoms with van der Waals surface area (Å²) in [5.41, 5.74) is 0.918. The third-order valence-corrected chi connectivity index (χ3v) is 7.25. The van der Waals surface area contributed by atoms with Gasteiger partial charge in [-0.3, -0.25) is 4.79 Å². The summed E-state index contributed by atoms with van der Waals surface area (Å²) in [6.45, 7) is 1.12. The monoisotopic (exact) mass is 494 g/mol. The van der Waals surface area contributed by atoms with Gasteiger partial charge in [-0.2, -0.15) is 4.31 Å². The summed E-state index contributed by atoms with van der Waals surface area (Å²) >= 11 is 3.38. The maximum Gasteiger partial charge on any atom is 0.246 e. The number of nitrogens with zero attached hydrogens (tertiary/aromatic N) is 2. The van der Waals surface area contributed by atoms with Crippen LogP contribution in [0, 0.1) is 0 Å². The zero-order valence-corrected chi connectivity index (χ0v) is 19.1. The van der Waals surface area contributed by atoms with Crippen molar-refractivity contribution in [3.63, 3.8) is 0 Å². The van der Waals surface area contributed by atoms with E-state index < -0.39 is 10.0 Å². The lowest BCUT2D eigenvalue weighted by Crippen LogP contribution is -2.50. The number of benzene rings is 2. The Balaban J connectivity index is 1.64. The number of hydrogen-bond acceptors (Lipinski definition) is 5. The zero-order chi connectivity index (χ0) is 21.7. The van der Waals surface area contributed by atoms with E-state index in [1.54, 1.807) is 17.0 Å². The molecular formula is C21H23BrN2O5S. The highest BCUT2D eigenvalue weighted by atomic mass is 79.9. The molecule has 2 aromatic rings. The summed E-state index contributed by atoms with van der Waals surface area (Å²) in [4.78, 5) is 14.2. The van der Waals surface area contributed by atoms with Crippen LogP contribution in [-0.2, 0) is 14.8 Å². The van der Waals surface area contributed by atoms with Crippen molar-refractivity contribution in [2.45, 2.75) is 4.90 Å². The van der Waals surface area contributed by atoms with Gasteiger partial charge in [0.25, 0.3) is 0 Å². The minimum absolute atomic E-state index is 0.134. The molecule has 3 rings (SSSR count). The average molecular weight is 495 g/mol. The minimum atomic E-state index is -3.69. The van der Waals surface area contributed by atoms with Gasteiger partial charge in [0.05, 0.1) is 19.1 Å². The molecule has 0 aliphatic carbocycles. The van der Waals surface area contributed by atoms with E-state index in [4.69, 9.17) is 9.47 Å². The molecule has 1 saturated heterocycles. The van der Waals surface area contributed by atoms with Gasteiger partial charge in [0.1, 0.15) is 0 Å². The molecule has 1 heterocycles. The highest BCUT2D eigenvalue weighted by Gasteiger charge is 2.30. The fourth-order valence-electron chi connectivity index (χ4n) is 3.12. The van der Waals surface area contributed by atoms with Crippen LogP contribution in [0.15, 0.2) is 57.9 Å². The highest BCUT2D eigenvalue weighted by Crippen LogP contribution is 2.30. The fraction of sp³-hybridized carbons (Fsp3) is 0.286. The van der Waals surface area contributed by atoms with Crippen LogP contribution in [0.1, 0.15) is 5.56 Å². The van der Waals surface area contributed by atoms with Crippen molar-refractivity contribution in [1.82, 2.24) is 9.21 Å². The van der Waals surface area contributed by atoms with Gasteiger partial charge in [0.2, 0.25) is 15.9 Å². The third-order valence-electron chi connectivity index (χ3n) is 4.83. The number of hydrogen-bond donors (Lipinski definition) is 0.